The summed E-state index contributed by atoms with van der Waals surface area (Å²) in [6.45, 7) is 2.03. The van der Waals surface area contributed by atoms with Crippen LogP contribution in [0.2, 0.25) is 0 Å². The molecule has 0 spiro atoms. The van der Waals surface area contributed by atoms with E-state index in [1.54, 1.807) is 0 Å². The Kier molecular flexibility index (Phi) is 6.19. The van der Waals surface area contributed by atoms with E-state index in [1.165, 1.54) is 0 Å². The summed E-state index contributed by atoms with van der Waals surface area (Å²) in [6, 6.07) is 25.4. The Morgan fingerprint density at radius 3 is 1.79 bits per heavy atom. The molecule has 142 valence electrons. The highest BCUT2D eigenvalue weighted by atomic mass is 16.2. The van der Waals surface area contributed by atoms with Gasteiger partial charge < -0.3 is 5.73 Å². The number of hydrogen-bond acceptors (Lipinski definition) is 3. The first-order chi connectivity index (χ1) is 13.5. The normalized spacial score (nSPS) is 12.8. The van der Waals surface area contributed by atoms with Gasteiger partial charge in [0.25, 0.3) is 0 Å². The van der Waals surface area contributed by atoms with Crippen LogP contribution < -0.4 is 16.4 Å². The average Bonchev–Trinajstić information content (AvgIpc) is 2.70. The predicted octanol–water partition coefficient (Wildman–Crippen LogP) is 3.61. The fourth-order valence-electron chi connectivity index (χ4n) is 3.12. The van der Waals surface area contributed by atoms with Crippen LogP contribution in [0.3, 0.4) is 0 Å². The minimum Gasteiger partial charge on any atom is -0.351 e. The van der Waals surface area contributed by atoms with E-state index in [9.17, 15) is 9.59 Å². The summed E-state index contributed by atoms with van der Waals surface area (Å²) in [4.78, 5) is 24.0. The molecule has 0 saturated carbocycles. The van der Waals surface area contributed by atoms with Crippen LogP contribution in [0.15, 0.2) is 84.9 Å². The highest BCUT2D eigenvalue weighted by Crippen LogP contribution is 2.26. The van der Waals surface area contributed by atoms with E-state index < -0.39 is 18.0 Å². The van der Waals surface area contributed by atoms with Gasteiger partial charge in [-0.3, -0.25) is 15.4 Å². The molecular weight excluding hydrogens is 350 g/mol. The Balaban J connectivity index is 2.00. The molecular formula is C23H23N3O2. The van der Waals surface area contributed by atoms with Crippen LogP contribution >= 0.6 is 0 Å². The summed E-state index contributed by atoms with van der Waals surface area (Å²) < 4.78 is 0. The lowest BCUT2D eigenvalue weighted by Gasteiger charge is -2.26. The van der Waals surface area contributed by atoms with Crippen molar-refractivity contribution in [2.45, 2.75) is 19.0 Å². The molecule has 0 unspecified atom stereocenters. The molecule has 0 saturated heterocycles. The minimum absolute atomic E-state index is 0.245. The lowest BCUT2D eigenvalue weighted by molar-refractivity contribution is -0.122. The van der Waals surface area contributed by atoms with E-state index >= 15 is 0 Å². The van der Waals surface area contributed by atoms with Crippen LogP contribution in [0.5, 0.6) is 0 Å². The molecule has 0 heterocycles. The topological polar surface area (TPSA) is 84.2 Å². The van der Waals surface area contributed by atoms with Gasteiger partial charge in [-0.1, -0.05) is 90.5 Å². The molecule has 2 atom stereocenters. The van der Waals surface area contributed by atoms with Gasteiger partial charge in [0.1, 0.15) is 6.04 Å². The first-order valence-electron chi connectivity index (χ1n) is 9.07. The number of aryl methyl sites for hydroxylation is 1. The maximum absolute atomic E-state index is 12.7. The molecule has 0 bridgehead atoms. The fraction of sp³-hybridized carbons (Fsp3) is 0.130. The van der Waals surface area contributed by atoms with Crippen molar-refractivity contribution in [2.75, 3.05) is 0 Å². The molecule has 5 heteroatoms. The van der Waals surface area contributed by atoms with Crippen LogP contribution in [0.1, 0.15) is 34.3 Å². The summed E-state index contributed by atoms with van der Waals surface area (Å²) in [5.41, 5.74) is 9.11. The highest BCUT2D eigenvalue weighted by Gasteiger charge is 2.26. The lowest BCUT2D eigenvalue weighted by atomic mass is 9.95. The third kappa shape index (κ3) is 4.84. The summed E-state index contributed by atoms with van der Waals surface area (Å²) in [5, 5.41) is 5.60. The van der Waals surface area contributed by atoms with E-state index in [0.717, 1.165) is 22.3 Å². The zero-order valence-electron chi connectivity index (χ0n) is 15.6. The van der Waals surface area contributed by atoms with Gasteiger partial charge >= 0.3 is 6.03 Å². The van der Waals surface area contributed by atoms with Crippen molar-refractivity contribution in [3.05, 3.63) is 107 Å². The fourth-order valence-corrected chi connectivity index (χ4v) is 3.12. The zero-order valence-corrected chi connectivity index (χ0v) is 15.6. The van der Waals surface area contributed by atoms with Gasteiger partial charge in [0.15, 0.2) is 0 Å². The first-order valence-corrected chi connectivity index (χ1v) is 9.07. The molecule has 3 rings (SSSR count). The number of carbonyl (C=O) groups is 2. The SMILES string of the molecule is Cc1ccc([C@H](N[C@H](C(=O)NC(N)=O)c2ccccc2)c2ccccc2)cc1. The number of carbonyl (C=O) groups excluding carboxylic acids is 2. The van der Waals surface area contributed by atoms with Crippen LogP contribution in [-0.2, 0) is 4.79 Å². The molecule has 5 nitrogen and oxygen atoms in total. The van der Waals surface area contributed by atoms with E-state index in [2.05, 4.69) is 10.6 Å². The van der Waals surface area contributed by atoms with Gasteiger partial charge in [-0.2, -0.15) is 0 Å². The highest BCUT2D eigenvalue weighted by molar-refractivity contribution is 5.96. The smallest absolute Gasteiger partial charge is 0.318 e. The van der Waals surface area contributed by atoms with E-state index in [0.29, 0.717) is 0 Å². The van der Waals surface area contributed by atoms with Crippen molar-refractivity contribution in [2.24, 2.45) is 5.73 Å². The Morgan fingerprint density at radius 2 is 1.25 bits per heavy atom. The maximum Gasteiger partial charge on any atom is 0.318 e. The number of nitrogens with one attached hydrogen (secondary N) is 2. The Morgan fingerprint density at radius 1 is 0.750 bits per heavy atom. The Hall–Kier alpha value is -3.44. The van der Waals surface area contributed by atoms with E-state index in [1.807, 2.05) is 91.9 Å². The third-order valence-electron chi connectivity index (χ3n) is 4.52. The number of urea groups is 1. The van der Waals surface area contributed by atoms with Crippen LogP contribution in [-0.4, -0.2) is 11.9 Å². The molecule has 4 N–H and O–H groups in total. The van der Waals surface area contributed by atoms with Crippen molar-refractivity contribution < 1.29 is 9.59 Å². The van der Waals surface area contributed by atoms with Crippen LogP contribution in [0.4, 0.5) is 4.79 Å². The van der Waals surface area contributed by atoms with Crippen LogP contribution in [0, 0.1) is 6.92 Å². The van der Waals surface area contributed by atoms with Gasteiger partial charge in [0.2, 0.25) is 5.91 Å². The molecule has 3 aromatic carbocycles. The van der Waals surface area contributed by atoms with Gasteiger partial charge in [-0.15, -0.1) is 0 Å². The molecule has 3 aromatic rings. The third-order valence-corrected chi connectivity index (χ3v) is 4.52. The van der Waals surface area contributed by atoms with Crippen molar-refractivity contribution in [3.8, 4) is 0 Å². The van der Waals surface area contributed by atoms with Gasteiger partial charge in [-0.05, 0) is 23.6 Å². The number of primary amides is 1. The molecule has 0 aliphatic carbocycles. The second-order valence-corrected chi connectivity index (χ2v) is 6.62. The summed E-state index contributed by atoms with van der Waals surface area (Å²) in [6.07, 6.45) is 0. The van der Waals surface area contributed by atoms with Gasteiger partial charge in [0, 0.05) is 0 Å². The molecule has 0 aromatic heterocycles. The quantitative estimate of drug-likeness (QED) is 0.617. The first kappa shape index (κ1) is 19.3. The summed E-state index contributed by atoms with van der Waals surface area (Å²) >= 11 is 0. The van der Waals surface area contributed by atoms with Gasteiger partial charge in [0.05, 0.1) is 6.04 Å². The number of nitrogens with two attached hydrogens (primary N) is 1. The predicted molar refractivity (Wildman–Crippen MR) is 110 cm³/mol. The maximum atomic E-state index is 12.7. The monoisotopic (exact) mass is 373 g/mol. The van der Waals surface area contributed by atoms with Gasteiger partial charge in [-0.25, -0.2) is 4.79 Å². The molecule has 0 aliphatic rings. The standard InChI is InChI=1S/C23H23N3O2/c1-16-12-14-19(15-13-16)20(17-8-4-2-5-9-17)25-21(22(27)26-23(24)28)18-10-6-3-7-11-18/h2-15,20-21,25H,1H3,(H3,24,26,27,28)/t20-,21+/m1/s1. The second kappa shape index (κ2) is 8.97. The lowest BCUT2D eigenvalue weighted by Crippen LogP contribution is -2.44. The number of rotatable bonds is 6. The number of amides is 3. The van der Waals surface area contributed by atoms with E-state index in [-0.39, 0.29) is 6.04 Å². The Labute approximate surface area is 164 Å². The molecule has 3 amide bonds. The van der Waals surface area contributed by atoms with Crippen molar-refractivity contribution in [3.63, 3.8) is 0 Å². The summed E-state index contributed by atoms with van der Waals surface area (Å²) in [7, 11) is 0. The minimum atomic E-state index is -0.876. The molecule has 0 radical (unpaired) electrons. The molecule has 0 fully saturated rings. The Bertz CT molecular complexity index is 925. The van der Waals surface area contributed by atoms with E-state index in [4.69, 9.17) is 5.73 Å². The largest absolute Gasteiger partial charge is 0.351 e. The molecule has 0 aliphatic heterocycles. The zero-order chi connectivity index (χ0) is 19.9. The number of benzene rings is 3. The second-order valence-electron chi connectivity index (χ2n) is 6.62. The van der Waals surface area contributed by atoms with Crippen LogP contribution in [0.25, 0.3) is 0 Å². The number of hydrogen-bond donors (Lipinski definition) is 3. The molecule has 28 heavy (non-hydrogen) atoms. The van der Waals surface area contributed by atoms with Crippen molar-refractivity contribution in [1.82, 2.24) is 10.6 Å². The summed E-state index contributed by atoms with van der Waals surface area (Å²) in [5.74, 6) is -0.494. The van der Waals surface area contributed by atoms with Crippen molar-refractivity contribution >= 4 is 11.9 Å². The van der Waals surface area contributed by atoms with Crippen molar-refractivity contribution in [1.29, 1.82) is 0 Å². The number of imide groups is 1. The average molecular weight is 373 g/mol.